The molecule has 0 spiro atoms. The molecule has 0 amide bonds. The molecule has 0 aliphatic rings. The van der Waals surface area contributed by atoms with E-state index in [-0.39, 0.29) is 0 Å². The molecule has 0 saturated carbocycles. The lowest BCUT2D eigenvalue weighted by molar-refractivity contribution is 0.465. The topological polar surface area (TPSA) is 32.3 Å². The number of rotatable bonds is 7. The number of hydrogen-bond acceptors (Lipinski definition) is 2. The summed E-state index contributed by atoms with van der Waals surface area (Å²) in [5.41, 5.74) is 2.54. The Morgan fingerprint density at radius 2 is 1.76 bits per heavy atom. The van der Waals surface area contributed by atoms with Crippen molar-refractivity contribution in [2.75, 3.05) is 13.1 Å². The maximum absolute atomic E-state index is 9.60. The number of hydrogen-bond donors (Lipinski definition) is 2. The van der Waals surface area contributed by atoms with Crippen molar-refractivity contribution < 1.29 is 5.11 Å². The molecule has 1 unspecified atom stereocenters. The van der Waals surface area contributed by atoms with Crippen molar-refractivity contribution in [1.29, 1.82) is 0 Å². The van der Waals surface area contributed by atoms with Gasteiger partial charge in [0.05, 0.1) is 0 Å². The van der Waals surface area contributed by atoms with Crippen LogP contribution in [0.1, 0.15) is 18.1 Å². The van der Waals surface area contributed by atoms with E-state index in [0.29, 0.717) is 11.7 Å². The summed E-state index contributed by atoms with van der Waals surface area (Å²) in [5, 5.41) is 13.0. The van der Waals surface area contributed by atoms with Crippen LogP contribution in [0.25, 0.3) is 0 Å². The largest absolute Gasteiger partial charge is 0.508 e. The Bertz CT molecular complexity index is 553. The van der Waals surface area contributed by atoms with E-state index >= 15 is 0 Å². The quantitative estimate of drug-likeness (QED) is 0.787. The molecule has 2 N–H and O–H groups in total. The lowest BCUT2D eigenvalue weighted by atomic mass is 9.92. The summed E-state index contributed by atoms with van der Waals surface area (Å²) in [6.07, 6.45) is 2.01. The lowest BCUT2D eigenvalue weighted by Gasteiger charge is -2.18. The second-order valence-corrected chi connectivity index (χ2v) is 6.29. The first-order valence-corrected chi connectivity index (χ1v) is 8.19. The summed E-state index contributed by atoms with van der Waals surface area (Å²) in [4.78, 5) is 0. The van der Waals surface area contributed by atoms with E-state index in [2.05, 4.69) is 58.5 Å². The third-order valence-electron chi connectivity index (χ3n) is 3.56. The van der Waals surface area contributed by atoms with Gasteiger partial charge in [0.25, 0.3) is 0 Å². The van der Waals surface area contributed by atoms with Crippen LogP contribution in [0.3, 0.4) is 0 Å². The number of benzene rings is 2. The fraction of sp³-hybridized carbons (Fsp3) is 0.333. The van der Waals surface area contributed by atoms with Gasteiger partial charge in [-0.15, -0.1) is 0 Å². The summed E-state index contributed by atoms with van der Waals surface area (Å²) < 4.78 is 1.11. The number of phenols is 1. The molecule has 2 rings (SSSR count). The molecule has 0 fully saturated rings. The van der Waals surface area contributed by atoms with Crippen molar-refractivity contribution in [3.63, 3.8) is 0 Å². The van der Waals surface area contributed by atoms with Crippen molar-refractivity contribution >= 4 is 15.9 Å². The highest BCUT2D eigenvalue weighted by Gasteiger charge is 2.11. The maximum atomic E-state index is 9.60. The van der Waals surface area contributed by atoms with Gasteiger partial charge in [-0.1, -0.05) is 47.1 Å². The smallest absolute Gasteiger partial charge is 0.115 e. The minimum absolute atomic E-state index is 0.346. The summed E-state index contributed by atoms with van der Waals surface area (Å²) in [7, 11) is 0. The lowest BCUT2D eigenvalue weighted by Crippen LogP contribution is -2.25. The molecule has 3 heteroatoms. The second kappa shape index (κ2) is 8.20. The van der Waals surface area contributed by atoms with Gasteiger partial charge in [0, 0.05) is 4.47 Å². The van der Waals surface area contributed by atoms with Crippen molar-refractivity contribution in [3.05, 3.63) is 64.1 Å². The van der Waals surface area contributed by atoms with Gasteiger partial charge in [0.1, 0.15) is 5.75 Å². The molecule has 0 aliphatic carbocycles. The number of aromatic hydroxyl groups is 1. The molecule has 0 aromatic heterocycles. The predicted octanol–water partition coefficient (Wildman–Crippen LogP) is 4.17. The van der Waals surface area contributed by atoms with Crippen LogP contribution in [0.4, 0.5) is 0 Å². The Morgan fingerprint density at radius 1 is 1.05 bits per heavy atom. The second-order valence-electron chi connectivity index (χ2n) is 5.38. The molecule has 2 aromatic carbocycles. The Balaban J connectivity index is 2.04. The van der Waals surface area contributed by atoms with E-state index in [9.17, 15) is 5.11 Å². The Morgan fingerprint density at radius 3 is 2.43 bits per heavy atom. The zero-order chi connectivity index (χ0) is 15.1. The molecule has 0 bridgehead atoms. The normalized spacial score (nSPS) is 12.3. The van der Waals surface area contributed by atoms with Gasteiger partial charge in [0.2, 0.25) is 0 Å². The first kappa shape index (κ1) is 16.1. The van der Waals surface area contributed by atoms with Crippen LogP contribution in [-0.2, 0) is 12.8 Å². The highest BCUT2D eigenvalue weighted by molar-refractivity contribution is 9.10. The maximum Gasteiger partial charge on any atom is 0.115 e. The van der Waals surface area contributed by atoms with Crippen LogP contribution in [0, 0.1) is 5.92 Å². The molecule has 1 atom stereocenters. The monoisotopic (exact) mass is 347 g/mol. The van der Waals surface area contributed by atoms with Crippen LogP contribution < -0.4 is 5.32 Å². The highest BCUT2D eigenvalue weighted by atomic mass is 79.9. The van der Waals surface area contributed by atoms with Crippen LogP contribution in [0.15, 0.2) is 53.0 Å². The Kier molecular flexibility index (Phi) is 6.27. The van der Waals surface area contributed by atoms with E-state index in [1.54, 1.807) is 6.07 Å². The van der Waals surface area contributed by atoms with Crippen LogP contribution in [0.2, 0.25) is 0 Å². The predicted molar refractivity (Wildman–Crippen MR) is 91.7 cm³/mol. The average Bonchev–Trinajstić information content (AvgIpc) is 2.47. The summed E-state index contributed by atoms with van der Waals surface area (Å²) in [6, 6.07) is 16.1. The van der Waals surface area contributed by atoms with E-state index in [1.807, 2.05) is 12.1 Å². The minimum Gasteiger partial charge on any atom is -0.508 e. The summed E-state index contributed by atoms with van der Waals surface area (Å²) in [5.74, 6) is 0.867. The van der Waals surface area contributed by atoms with Gasteiger partial charge in [-0.2, -0.15) is 0 Å². The Hall–Kier alpha value is -1.32. The number of halogens is 1. The molecule has 0 aliphatic heterocycles. The molecular formula is C18H22BrNO. The third-order valence-corrected chi connectivity index (χ3v) is 4.08. The fourth-order valence-corrected chi connectivity index (χ4v) is 2.80. The summed E-state index contributed by atoms with van der Waals surface area (Å²) in [6.45, 7) is 4.10. The molecule has 2 nitrogen and oxygen atoms in total. The number of nitrogens with one attached hydrogen (secondary N) is 1. The molecule has 0 saturated heterocycles. The van der Waals surface area contributed by atoms with Crippen molar-refractivity contribution in [3.8, 4) is 5.75 Å². The summed E-state index contributed by atoms with van der Waals surface area (Å²) >= 11 is 3.48. The van der Waals surface area contributed by atoms with Crippen molar-refractivity contribution in [2.24, 2.45) is 5.92 Å². The molecule has 112 valence electrons. The van der Waals surface area contributed by atoms with Gasteiger partial charge in [-0.05, 0) is 67.2 Å². The van der Waals surface area contributed by atoms with Crippen LogP contribution in [-0.4, -0.2) is 18.2 Å². The fourth-order valence-electron chi connectivity index (χ4n) is 2.54. The van der Waals surface area contributed by atoms with E-state index < -0.39 is 0 Å². The van der Waals surface area contributed by atoms with E-state index in [0.717, 1.165) is 30.4 Å². The standard InChI is InChI=1S/C18H22BrNO/c1-2-20-13-16(10-14-6-8-17(19)9-7-14)11-15-4-3-5-18(21)12-15/h3-9,12,16,20-21H,2,10-11,13H2,1H3. The average molecular weight is 348 g/mol. The molecule has 2 aromatic rings. The number of phenolic OH excluding ortho intramolecular Hbond substituents is 1. The zero-order valence-corrected chi connectivity index (χ0v) is 13.9. The Labute approximate surface area is 135 Å². The first-order valence-electron chi connectivity index (χ1n) is 7.40. The SMILES string of the molecule is CCNCC(Cc1ccc(Br)cc1)Cc1cccc(O)c1. The van der Waals surface area contributed by atoms with E-state index in [4.69, 9.17) is 0 Å². The third kappa shape index (κ3) is 5.52. The highest BCUT2D eigenvalue weighted by Crippen LogP contribution is 2.19. The first-order chi connectivity index (χ1) is 10.2. The van der Waals surface area contributed by atoms with Gasteiger partial charge in [-0.3, -0.25) is 0 Å². The molecular weight excluding hydrogens is 326 g/mol. The van der Waals surface area contributed by atoms with Gasteiger partial charge in [0.15, 0.2) is 0 Å². The van der Waals surface area contributed by atoms with Crippen molar-refractivity contribution in [1.82, 2.24) is 5.32 Å². The molecule has 21 heavy (non-hydrogen) atoms. The minimum atomic E-state index is 0.346. The van der Waals surface area contributed by atoms with Gasteiger partial charge >= 0.3 is 0 Å². The molecule has 0 radical (unpaired) electrons. The molecule has 0 heterocycles. The van der Waals surface area contributed by atoms with Crippen molar-refractivity contribution in [2.45, 2.75) is 19.8 Å². The van der Waals surface area contributed by atoms with E-state index in [1.165, 1.54) is 11.1 Å². The van der Waals surface area contributed by atoms with Crippen LogP contribution in [0.5, 0.6) is 5.75 Å². The zero-order valence-electron chi connectivity index (χ0n) is 12.3. The van der Waals surface area contributed by atoms with Gasteiger partial charge < -0.3 is 10.4 Å². The van der Waals surface area contributed by atoms with Crippen LogP contribution >= 0.6 is 15.9 Å². The van der Waals surface area contributed by atoms with Gasteiger partial charge in [-0.25, -0.2) is 0 Å².